The fourth-order valence-electron chi connectivity index (χ4n) is 3.04. The molecule has 4 nitrogen and oxygen atoms in total. The van der Waals surface area contributed by atoms with Gasteiger partial charge in [-0.25, -0.2) is 0 Å². The first kappa shape index (κ1) is 18.0. The summed E-state index contributed by atoms with van der Waals surface area (Å²) in [5.41, 5.74) is 2.41. The van der Waals surface area contributed by atoms with E-state index in [-0.39, 0.29) is 5.91 Å². The van der Waals surface area contributed by atoms with Crippen LogP contribution in [0, 0.1) is 0 Å². The van der Waals surface area contributed by atoms with E-state index >= 15 is 0 Å². The topological polar surface area (TPSA) is 47.6 Å². The Kier molecular flexibility index (Phi) is 6.48. The van der Waals surface area contributed by atoms with Gasteiger partial charge in [0.05, 0.1) is 11.5 Å². The van der Waals surface area contributed by atoms with Crippen LogP contribution in [0.3, 0.4) is 0 Å². The van der Waals surface area contributed by atoms with Gasteiger partial charge >= 0.3 is 0 Å². The van der Waals surface area contributed by atoms with E-state index in [9.17, 15) is 4.79 Å². The maximum atomic E-state index is 12.5. The zero-order valence-electron chi connectivity index (χ0n) is 14.7. The van der Waals surface area contributed by atoms with Crippen molar-refractivity contribution >= 4 is 17.2 Å². The first-order chi connectivity index (χ1) is 12.3. The Bertz CT molecular complexity index is 687. The van der Waals surface area contributed by atoms with Crippen LogP contribution >= 0.6 is 11.3 Å². The average molecular weight is 359 g/mol. The Morgan fingerprint density at radius 1 is 1.16 bits per heavy atom. The number of carbonyl (C=O) groups excluding carboxylic acids is 1. The fraction of sp³-hybridized carbons (Fsp3) is 0.450. The number of amides is 1. The molecule has 1 amide bonds. The molecule has 1 N–H and O–H groups in total. The minimum Gasteiger partial charge on any atom is -0.491 e. The summed E-state index contributed by atoms with van der Waals surface area (Å²) in [6, 6.07) is 9.89. The molecule has 0 aliphatic heterocycles. The van der Waals surface area contributed by atoms with Gasteiger partial charge in [0.25, 0.3) is 5.91 Å². The molecule has 0 radical (unpaired) electrons. The van der Waals surface area contributed by atoms with Crippen molar-refractivity contribution in [1.29, 1.82) is 0 Å². The van der Waals surface area contributed by atoms with E-state index in [1.54, 1.807) is 18.4 Å². The third kappa shape index (κ3) is 5.06. The van der Waals surface area contributed by atoms with Crippen molar-refractivity contribution in [1.82, 2.24) is 5.32 Å². The number of aryl methyl sites for hydroxylation is 2. The van der Waals surface area contributed by atoms with Gasteiger partial charge in [0.2, 0.25) is 0 Å². The Hall–Kier alpha value is -1.85. The molecule has 1 heterocycles. The SMILES string of the molecule is COCCOc1cccc(CNC(=O)c2cc3c(s2)CCCCC3)c1. The number of hydrogen-bond donors (Lipinski definition) is 1. The molecule has 25 heavy (non-hydrogen) atoms. The highest BCUT2D eigenvalue weighted by atomic mass is 32.1. The minimum atomic E-state index is 0.0174. The molecule has 0 unspecified atom stereocenters. The van der Waals surface area contributed by atoms with Crippen LogP contribution in [0.2, 0.25) is 0 Å². The van der Waals surface area contributed by atoms with Crippen molar-refractivity contribution in [3.05, 3.63) is 51.2 Å². The van der Waals surface area contributed by atoms with E-state index in [1.807, 2.05) is 24.3 Å². The number of hydrogen-bond acceptors (Lipinski definition) is 4. The van der Waals surface area contributed by atoms with E-state index in [4.69, 9.17) is 9.47 Å². The number of nitrogens with one attached hydrogen (secondary N) is 1. The highest BCUT2D eigenvalue weighted by Gasteiger charge is 2.16. The van der Waals surface area contributed by atoms with Gasteiger partial charge in [-0.05, 0) is 55.0 Å². The number of benzene rings is 1. The Morgan fingerprint density at radius 2 is 2.04 bits per heavy atom. The molecule has 2 aromatic rings. The van der Waals surface area contributed by atoms with Crippen LogP contribution in [0.25, 0.3) is 0 Å². The molecule has 0 saturated carbocycles. The van der Waals surface area contributed by atoms with Gasteiger partial charge in [-0.3, -0.25) is 4.79 Å². The molecule has 1 aromatic heterocycles. The largest absolute Gasteiger partial charge is 0.491 e. The number of ether oxygens (including phenoxy) is 2. The van der Waals surface area contributed by atoms with E-state index in [0.29, 0.717) is 19.8 Å². The van der Waals surface area contributed by atoms with Gasteiger partial charge < -0.3 is 14.8 Å². The van der Waals surface area contributed by atoms with Crippen molar-refractivity contribution < 1.29 is 14.3 Å². The van der Waals surface area contributed by atoms with Crippen LogP contribution in [0.1, 0.15) is 44.9 Å². The predicted octanol–water partition coefficient (Wildman–Crippen LogP) is 3.97. The first-order valence-corrected chi connectivity index (χ1v) is 9.68. The first-order valence-electron chi connectivity index (χ1n) is 8.87. The van der Waals surface area contributed by atoms with Gasteiger partial charge in [0.15, 0.2) is 0 Å². The van der Waals surface area contributed by atoms with Gasteiger partial charge in [0, 0.05) is 18.5 Å². The van der Waals surface area contributed by atoms with E-state index in [2.05, 4.69) is 11.4 Å². The van der Waals surface area contributed by atoms with Crippen molar-refractivity contribution in [2.75, 3.05) is 20.3 Å². The van der Waals surface area contributed by atoms with E-state index in [1.165, 1.54) is 29.7 Å². The average Bonchev–Trinajstić information content (AvgIpc) is 2.91. The third-order valence-electron chi connectivity index (χ3n) is 4.38. The summed E-state index contributed by atoms with van der Waals surface area (Å²) < 4.78 is 10.6. The molecule has 3 rings (SSSR count). The normalized spacial score (nSPS) is 13.8. The minimum absolute atomic E-state index is 0.0174. The summed E-state index contributed by atoms with van der Waals surface area (Å²) in [5.74, 6) is 0.815. The van der Waals surface area contributed by atoms with Crippen LogP contribution in [-0.2, 0) is 24.1 Å². The van der Waals surface area contributed by atoms with Crippen LogP contribution in [-0.4, -0.2) is 26.2 Å². The molecule has 5 heteroatoms. The predicted molar refractivity (Wildman–Crippen MR) is 101 cm³/mol. The van der Waals surface area contributed by atoms with Gasteiger partial charge in [-0.15, -0.1) is 11.3 Å². The molecule has 1 aromatic carbocycles. The molecule has 0 bridgehead atoms. The quantitative estimate of drug-likeness (QED) is 0.601. The molecule has 1 aliphatic carbocycles. The number of fused-ring (bicyclic) bond motifs is 1. The second-order valence-electron chi connectivity index (χ2n) is 6.29. The molecular formula is C20H25NO3S. The molecule has 134 valence electrons. The molecular weight excluding hydrogens is 334 g/mol. The Labute approximate surface area is 153 Å². The molecule has 0 atom stereocenters. The summed E-state index contributed by atoms with van der Waals surface area (Å²) in [7, 11) is 1.65. The lowest BCUT2D eigenvalue weighted by atomic mass is 10.1. The summed E-state index contributed by atoms with van der Waals surface area (Å²) in [6.45, 7) is 1.58. The highest BCUT2D eigenvalue weighted by Crippen LogP contribution is 2.29. The number of methoxy groups -OCH3 is 1. The smallest absolute Gasteiger partial charge is 0.261 e. The fourth-order valence-corrected chi connectivity index (χ4v) is 4.21. The van der Waals surface area contributed by atoms with Crippen molar-refractivity contribution in [2.24, 2.45) is 0 Å². The Balaban J connectivity index is 1.56. The standard InChI is InChI=1S/C20H25NO3S/c1-23-10-11-24-17-8-5-6-15(12-17)14-21-20(22)19-13-16-7-3-2-4-9-18(16)25-19/h5-6,8,12-13H,2-4,7,9-11,14H2,1H3,(H,21,22). The van der Waals surface area contributed by atoms with E-state index < -0.39 is 0 Å². The highest BCUT2D eigenvalue weighted by molar-refractivity contribution is 7.14. The summed E-state index contributed by atoms with van der Waals surface area (Å²) >= 11 is 1.66. The van der Waals surface area contributed by atoms with E-state index in [0.717, 1.165) is 29.0 Å². The zero-order chi connectivity index (χ0) is 17.5. The summed E-state index contributed by atoms with van der Waals surface area (Å²) in [6.07, 6.45) is 6.00. The lowest BCUT2D eigenvalue weighted by Crippen LogP contribution is -2.21. The van der Waals surface area contributed by atoms with Crippen LogP contribution < -0.4 is 10.1 Å². The van der Waals surface area contributed by atoms with Crippen molar-refractivity contribution in [3.8, 4) is 5.75 Å². The second kappa shape index (κ2) is 9.02. The zero-order valence-corrected chi connectivity index (χ0v) is 15.5. The maximum Gasteiger partial charge on any atom is 0.261 e. The van der Waals surface area contributed by atoms with Gasteiger partial charge in [0.1, 0.15) is 12.4 Å². The maximum absolute atomic E-state index is 12.5. The van der Waals surface area contributed by atoms with Crippen LogP contribution in [0.15, 0.2) is 30.3 Å². The van der Waals surface area contributed by atoms with Crippen LogP contribution in [0.5, 0.6) is 5.75 Å². The second-order valence-corrected chi connectivity index (χ2v) is 7.43. The van der Waals surface area contributed by atoms with Gasteiger partial charge in [-0.2, -0.15) is 0 Å². The lowest BCUT2D eigenvalue weighted by Gasteiger charge is -2.08. The molecule has 1 aliphatic rings. The van der Waals surface area contributed by atoms with Crippen molar-refractivity contribution in [3.63, 3.8) is 0 Å². The number of rotatable bonds is 7. The molecule has 0 spiro atoms. The summed E-state index contributed by atoms with van der Waals surface area (Å²) in [4.78, 5) is 14.7. The lowest BCUT2D eigenvalue weighted by molar-refractivity contribution is 0.0955. The Morgan fingerprint density at radius 3 is 2.92 bits per heavy atom. The monoisotopic (exact) mass is 359 g/mol. The molecule has 0 fully saturated rings. The summed E-state index contributed by atoms with van der Waals surface area (Å²) in [5, 5.41) is 3.03. The van der Waals surface area contributed by atoms with Gasteiger partial charge in [-0.1, -0.05) is 18.6 Å². The number of carbonyl (C=O) groups is 1. The van der Waals surface area contributed by atoms with Crippen LogP contribution in [0.4, 0.5) is 0 Å². The number of thiophene rings is 1. The van der Waals surface area contributed by atoms with Crippen molar-refractivity contribution in [2.45, 2.75) is 38.6 Å². The third-order valence-corrected chi connectivity index (χ3v) is 5.61. The molecule has 0 saturated heterocycles.